The summed E-state index contributed by atoms with van der Waals surface area (Å²) < 4.78 is 0. The van der Waals surface area contributed by atoms with E-state index in [1.54, 1.807) is 5.06 Å². The molecule has 2 heterocycles. The van der Waals surface area contributed by atoms with Gasteiger partial charge in [-0.1, -0.05) is 60.7 Å². The molecule has 2 aromatic rings. The highest BCUT2D eigenvalue weighted by Gasteiger charge is 2.39. The van der Waals surface area contributed by atoms with E-state index in [0.717, 1.165) is 23.4 Å². The molecule has 1 unspecified atom stereocenters. The normalized spacial score (nSPS) is 20.9. The average molecular weight is 306 g/mol. The third kappa shape index (κ3) is 2.73. The summed E-state index contributed by atoms with van der Waals surface area (Å²) in [5.41, 5.74) is 2.16. The molecule has 116 valence electrons. The van der Waals surface area contributed by atoms with Crippen LogP contribution in [-0.4, -0.2) is 35.0 Å². The first-order valence-corrected chi connectivity index (χ1v) is 7.86. The number of nitrogens with zero attached hydrogens (tertiary/aromatic N) is 2. The van der Waals surface area contributed by atoms with Crippen LogP contribution in [0.2, 0.25) is 0 Å². The van der Waals surface area contributed by atoms with E-state index in [1.165, 1.54) is 0 Å². The molecule has 1 amide bonds. The van der Waals surface area contributed by atoms with E-state index in [-0.39, 0.29) is 11.9 Å². The first-order valence-electron chi connectivity index (χ1n) is 7.86. The van der Waals surface area contributed by atoms with E-state index in [9.17, 15) is 4.79 Å². The number of carbonyl (C=O) groups is 1. The smallest absolute Gasteiger partial charge is 0.247 e. The molecule has 0 bridgehead atoms. The second kappa shape index (κ2) is 5.89. The maximum Gasteiger partial charge on any atom is 0.247 e. The highest BCUT2D eigenvalue weighted by atomic mass is 16.7. The average Bonchev–Trinajstić information content (AvgIpc) is 3.04. The standard InChI is InChI=1S/C19H18N2O2/c22-19-17-13-18(16-9-5-2-6-10-16)23-21(17)12-11-20(19)14-15-7-3-1-4-8-15/h1-10,13,17H,11-12,14H2. The lowest BCUT2D eigenvalue weighted by molar-refractivity contribution is -0.163. The van der Waals surface area contributed by atoms with Crippen molar-refractivity contribution in [1.82, 2.24) is 9.96 Å². The summed E-state index contributed by atoms with van der Waals surface area (Å²) in [7, 11) is 0. The number of carbonyl (C=O) groups excluding carboxylic acids is 1. The number of hydrogen-bond donors (Lipinski definition) is 0. The number of fused-ring (bicyclic) bond motifs is 1. The molecule has 0 aromatic heterocycles. The van der Waals surface area contributed by atoms with Crippen LogP contribution >= 0.6 is 0 Å². The molecular formula is C19H18N2O2. The molecule has 1 atom stereocenters. The van der Waals surface area contributed by atoms with Crippen LogP contribution in [0, 0.1) is 0 Å². The molecule has 2 aliphatic heterocycles. The van der Waals surface area contributed by atoms with Crippen LogP contribution in [0.15, 0.2) is 66.7 Å². The molecule has 4 rings (SSSR count). The Kier molecular flexibility index (Phi) is 3.60. The first kappa shape index (κ1) is 14.0. The monoisotopic (exact) mass is 306 g/mol. The second-order valence-corrected chi connectivity index (χ2v) is 5.82. The molecule has 2 aliphatic rings. The van der Waals surface area contributed by atoms with Gasteiger partial charge >= 0.3 is 0 Å². The van der Waals surface area contributed by atoms with Crippen molar-refractivity contribution in [2.75, 3.05) is 13.1 Å². The Morgan fingerprint density at radius 3 is 2.39 bits per heavy atom. The minimum Gasteiger partial charge on any atom is -0.404 e. The van der Waals surface area contributed by atoms with Gasteiger partial charge in [-0.25, -0.2) is 0 Å². The SMILES string of the molecule is O=C1C2C=C(c3ccccc3)ON2CCN1Cc1ccccc1. The van der Waals surface area contributed by atoms with Crippen LogP contribution in [0.1, 0.15) is 11.1 Å². The summed E-state index contributed by atoms with van der Waals surface area (Å²) in [6.07, 6.45) is 1.93. The Hall–Kier alpha value is -2.59. The molecule has 23 heavy (non-hydrogen) atoms. The summed E-state index contributed by atoms with van der Waals surface area (Å²) in [5.74, 6) is 0.872. The van der Waals surface area contributed by atoms with Crippen molar-refractivity contribution < 1.29 is 9.63 Å². The number of benzene rings is 2. The van der Waals surface area contributed by atoms with Crippen LogP contribution in [0.25, 0.3) is 5.76 Å². The highest BCUT2D eigenvalue weighted by Crippen LogP contribution is 2.29. The van der Waals surface area contributed by atoms with Crippen molar-refractivity contribution in [2.24, 2.45) is 0 Å². The molecule has 0 N–H and O–H groups in total. The maximum atomic E-state index is 12.7. The van der Waals surface area contributed by atoms with E-state index in [2.05, 4.69) is 12.1 Å². The molecule has 0 aliphatic carbocycles. The predicted molar refractivity (Wildman–Crippen MR) is 87.9 cm³/mol. The van der Waals surface area contributed by atoms with Gasteiger partial charge in [-0.15, -0.1) is 5.06 Å². The molecule has 0 saturated carbocycles. The van der Waals surface area contributed by atoms with Crippen LogP contribution in [0.3, 0.4) is 0 Å². The fourth-order valence-corrected chi connectivity index (χ4v) is 3.05. The lowest BCUT2D eigenvalue weighted by atomic mass is 10.1. The Labute approximate surface area is 135 Å². The fraction of sp³-hybridized carbons (Fsp3) is 0.211. The maximum absolute atomic E-state index is 12.7. The highest BCUT2D eigenvalue weighted by molar-refractivity contribution is 5.87. The van der Waals surface area contributed by atoms with Gasteiger partial charge in [0.15, 0.2) is 5.76 Å². The van der Waals surface area contributed by atoms with E-state index >= 15 is 0 Å². The molecule has 0 radical (unpaired) electrons. The summed E-state index contributed by atoms with van der Waals surface area (Å²) in [6, 6.07) is 19.7. The zero-order valence-electron chi connectivity index (χ0n) is 12.8. The van der Waals surface area contributed by atoms with Crippen molar-refractivity contribution in [2.45, 2.75) is 12.6 Å². The van der Waals surface area contributed by atoms with Crippen molar-refractivity contribution in [3.8, 4) is 0 Å². The van der Waals surface area contributed by atoms with E-state index in [4.69, 9.17) is 4.84 Å². The van der Waals surface area contributed by atoms with Gasteiger partial charge < -0.3 is 9.74 Å². The molecule has 0 spiro atoms. The minimum atomic E-state index is -0.317. The van der Waals surface area contributed by atoms with Crippen LogP contribution in [-0.2, 0) is 16.2 Å². The van der Waals surface area contributed by atoms with Gasteiger partial charge in [-0.3, -0.25) is 4.79 Å². The Morgan fingerprint density at radius 1 is 0.957 bits per heavy atom. The summed E-state index contributed by atoms with van der Waals surface area (Å²) in [6.45, 7) is 2.05. The zero-order valence-corrected chi connectivity index (χ0v) is 12.8. The van der Waals surface area contributed by atoms with Gasteiger partial charge in [0.25, 0.3) is 0 Å². The lowest BCUT2D eigenvalue weighted by Gasteiger charge is -2.35. The Morgan fingerprint density at radius 2 is 1.65 bits per heavy atom. The van der Waals surface area contributed by atoms with Crippen LogP contribution in [0.5, 0.6) is 0 Å². The van der Waals surface area contributed by atoms with E-state index in [1.807, 2.05) is 59.5 Å². The third-order valence-corrected chi connectivity index (χ3v) is 4.26. The number of piperazine rings is 1. The third-order valence-electron chi connectivity index (χ3n) is 4.26. The number of amides is 1. The van der Waals surface area contributed by atoms with Gasteiger partial charge in [-0.05, 0) is 11.6 Å². The molecule has 1 saturated heterocycles. The lowest BCUT2D eigenvalue weighted by Crippen LogP contribution is -2.53. The number of rotatable bonds is 3. The topological polar surface area (TPSA) is 32.8 Å². The quantitative estimate of drug-likeness (QED) is 0.874. The van der Waals surface area contributed by atoms with Gasteiger partial charge in [0.2, 0.25) is 5.91 Å². The largest absolute Gasteiger partial charge is 0.404 e. The van der Waals surface area contributed by atoms with Gasteiger partial charge in [0.05, 0.1) is 6.54 Å². The molecule has 2 aromatic carbocycles. The second-order valence-electron chi connectivity index (χ2n) is 5.82. The van der Waals surface area contributed by atoms with Crippen molar-refractivity contribution >= 4 is 11.7 Å². The van der Waals surface area contributed by atoms with E-state index in [0.29, 0.717) is 13.1 Å². The Balaban J connectivity index is 1.52. The van der Waals surface area contributed by atoms with E-state index < -0.39 is 0 Å². The summed E-state index contributed by atoms with van der Waals surface area (Å²) in [5, 5.41) is 1.78. The Bertz CT molecular complexity index is 728. The van der Waals surface area contributed by atoms with Gasteiger partial charge in [-0.2, -0.15) is 0 Å². The van der Waals surface area contributed by atoms with Crippen LogP contribution in [0.4, 0.5) is 0 Å². The van der Waals surface area contributed by atoms with Gasteiger partial charge in [0.1, 0.15) is 6.04 Å². The van der Waals surface area contributed by atoms with Crippen LogP contribution < -0.4 is 0 Å². The number of hydrogen-bond acceptors (Lipinski definition) is 3. The molecule has 4 heteroatoms. The molecule has 4 nitrogen and oxygen atoms in total. The fourth-order valence-electron chi connectivity index (χ4n) is 3.05. The first-order chi connectivity index (χ1) is 11.3. The number of hydroxylamine groups is 2. The zero-order chi connectivity index (χ0) is 15.6. The van der Waals surface area contributed by atoms with Crippen molar-refractivity contribution in [3.05, 3.63) is 77.9 Å². The van der Waals surface area contributed by atoms with Gasteiger partial charge in [0, 0.05) is 18.7 Å². The molecule has 1 fully saturated rings. The summed E-state index contributed by atoms with van der Waals surface area (Å²) in [4.78, 5) is 20.5. The van der Waals surface area contributed by atoms with Crippen molar-refractivity contribution in [1.29, 1.82) is 0 Å². The molecular weight excluding hydrogens is 288 g/mol. The minimum absolute atomic E-state index is 0.103. The van der Waals surface area contributed by atoms with Crippen molar-refractivity contribution in [3.63, 3.8) is 0 Å². The predicted octanol–water partition coefficient (Wildman–Crippen LogP) is 2.69. The summed E-state index contributed by atoms with van der Waals surface area (Å²) >= 11 is 0.